The van der Waals surface area contributed by atoms with Gasteiger partial charge >= 0.3 is 0 Å². The summed E-state index contributed by atoms with van der Waals surface area (Å²) in [4.78, 5) is 13.2. The number of nitro groups is 1. The highest BCUT2D eigenvalue weighted by molar-refractivity contribution is 9.09. The second kappa shape index (κ2) is 6.30. The topological polar surface area (TPSA) is 43.1 Å². The van der Waals surface area contributed by atoms with Crippen molar-refractivity contribution in [2.45, 2.75) is 24.6 Å². The first-order chi connectivity index (χ1) is 9.10. The molecule has 3 nitrogen and oxygen atoms in total. The minimum absolute atomic E-state index is 0.138. The van der Waals surface area contributed by atoms with E-state index in [1.165, 1.54) is 9.75 Å². The third-order valence-electron chi connectivity index (χ3n) is 2.90. The van der Waals surface area contributed by atoms with Crippen LogP contribution in [-0.2, 0) is 12.8 Å². The van der Waals surface area contributed by atoms with Gasteiger partial charge in [-0.05, 0) is 30.5 Å². The van der Waals surface area contributed by atoms with Crippen LogP contribution in [0.4, 0.5) is 5.69 Å². The number of alkyl halides is 1. The van der Waals surface area contributed by atoms with Gasteiger partial charge in [0.05, 0.1) is 9.75 Å². The number of halogens is 1. The van der Waals surface area contributed by atoms with E-state index in [4.69, 9.17) is 0 Å². The predicted molar refractivity (Wildman–Crippen MR) is 82.2 cm³/mol. The summed E-state index contributed by atoms with van der Waals surface area (Å²) in [5, 5.41) is 10.6. The van der Waals surface area contributed by atoms with Crippen molar-refractivity contribution < 1.29 is 4.92 Å². The first kappa shape index (κ1) is 14.2. The molecule has 0 aliphatic heterocycles. The Morgan fingerprint density at radius 3 is 2.47 bits per heavy atom. The molecular formula is C14H14BrNO2S. The number of aryl methyl sites for hydroxylation is 1. The number of nitrogens with zero attached hydrogens (tertiary/aromatic N) is 1. The molecule has 0 bridgehead atoms. The van der Waals surface area contributed by atoms with E-state index in [0.29, 0.717) is 0 Å². The molecule has 0 saturated carbocycles. The summed E-state index contributed by atoms with van der Waals surface area (Å²) in [5.74, 6) is 0. The first-order valence-corrected chi connectivity index (χ1v) is 7.79. The van der Waals surface area contributed by atoms with Crippen molar-refractivity contribution in [1.82, 2.24) is 0 Å². The number of nitro benzene ring substituents is 1. The molecule has 2 aromatic rings. The maximum absolute atomic E-state index is 10.6. The van der Waals surface area contributed by atoms with Gasteiger partial charge in [-0.1, -0.05) is 35.0 Å². The number of rotatable bonds is 5. The fourth-order valence-electron chi connectivity index (χ4n) is 1.81. The highest BCUT2D eigenvalue weighted by atomic mass is 79.9. The molecule has 1 aromatic heterocycles. The molecule has 1 heterocycles. The van der Waals surface area contributed by atoms with Gasteiger partial charge in [0.2, 0.25) is 0 Å². The van der Waals surface area contributed by atoms with Crippen molar-refractivity contribution in [3.8, 4) is 0 Å². The molecule has 0 N–H and O–H groups in total. The van der Waals surface area contributed by atoms with Crippen molar-refractivity contribution in [2.24, 2.45) is 0 Å². The lowest BCUT2D eigenvalue weighted by molar-refractivity contribution is -0.384. The molecule has 2 rings (SSSR count). The van der Waals surface area contributed by atoms with Crippen LogP contribution in [0.25, 0.3) is 0 Å². The maximum Gasteiger partial charge on any atom is 0.269 e. The normalized spacial score (nSPS) is 12.3. The van der Waals surface area contributed by atoms with Gasteiger partial charge in [-0.2, -0.15) is 0 Å². The molecule has 0 aliphatic carbocycles. The van der Waals surface area contributed by atoms with E-state index in [9.17, 15) is 10.1 Å². The second-order valence-corrected chi connectivity index (χ2v) is 6.56. The summed E-state index contributed by atoms with van der Waals surface area (Å²) in [6.45, 7) is 2.15. The van der Waals surface area contributed by atoms with Crippen molar-refractivity contribution in [2.75, 3.05) is 0 Å². The van der Waals surface area contributed by atoms with Crippen LogP contribution < -0.4 is 0 Å². The number of thiophene rings is 1. The first-order valence-electron chi connectivity index (χ1n) is 6.06. The van der Waals surface area contributed by atoms with E-state index in [1.807, 2.05) is 23.5 Å². The van der Waals surface area contributed by atoms with E-state index in [-0.39, 0.29) is 15.4 Å². The zero-order valence-electron chi connectivity index (χ0n) is 10.5. The number of hydrogen-bond acceptors (Lipinski definition) is 3. The Hall–Kier alpha value is -1.20. The van der Waals surface area contributed by atoms with Gasteiger partial charge in [0, 0.05) is 21.9 Å². The Morgan fingerprint density at radius 1 is 1.26 bits per heavy atom. The summed E-state index contributed by atoms with van der Waals surface area (Å²) in [5.41, 5.74) is 1.23. The van der Waals surface area contributed by atoms with Gasteiger partial charge < -0.3 is 0 Å². The van der Waals surface area contributed by atoms with Crippen LogP contribution in [0.1, 0.15) is 27.1 Å². The number of non-ortho nitro benzene ring substituents is 1. The summed E-state index contributed by atoms with van der Waals surface area (Å²) in [7, 11) is 0. The third-order valence-corrected chi connectivity index (χ3v) is 5.36. The monoisotopic (exact) mass is 339 g/mol. The third kappa shape index (κ3) is 3.64. The Kier molecular flexibility index (Phi) is 4.71. The number of benzene rings is 1. The molecule has 0 fully saturated rings. The van der Waals surface area contributed by atoms with Gasteiger partial charge in [0.15, 0.2) is 0 Å². The lowest BCUT2D eigenvalue weighted by Crippen LogP contribution is -1.94. The highest BCUT2D eigenvalue weighted by Crippen LogP contribution is 2.32. The van der Waals surface area contributed by atoms with Crippen LogP contribution in [0.3, 0.4) is 0 Å². The molecule has 0 radical (unpaired) electrons. The van der Waals surface area contributed by atoms with Gasteiger partial charge in [0.1, 0.15) is 0 Å². The van der Waals surface area contributed by atoms with Crippen molar-refractivity contribution in [1.29, 1.82) is 0 Å². The van der Waals surface area contributed by atoms with Gasteiger partial charge in [-0.15, -0.1) is 11.3 Å². The smallest absolute Gasteiger partial charge is 0.258 e. The molecule has 1 atom stereocenters. The zero-order valence-corrected chi connectivity index (χ0v) is 12.9. The zero-order chi connectivity index (χ0) is 13.8. The van der Waals surface area contributed by atoms with Crippen LogP contribution in [0.2, 0.25) is 0 Å². The molecule has 0 aliphatic rings. The average Bonchev–Trinajstić information content (AvgIpc) is 2.88. The molecule has 5 heteroatoms. The molecule has 19 heavy (non-hydrogen) atoms. The van der Waals surface area contributed by atoms with E-state index >= 15 is 0 Å². The Morgan fingerprint density at radius 2 is 1.95 bits per heavy atom. The molecule has 0 saturated heterocycles. The average molecular weight is 340 g/mol. The molecule has 1 aromatic carbocycles. The predicted octanol–water partition coefficient (Wildman–Crippen LogP) is 4.90. The van der Waals surface area contributed by atoms with E-state index in [2.05, 4.69) is 35.0 Å². The van der Waals surface area contributed by atoms with Crippen molar-refractivity contribution in [3.05, 3.63) is 61.8 Å². The molecule has 0 spiro atoms. The molecule has 100 valence electrons. The Balaban J connectivity index is 2.05. The van der Waals surface area contributed by atoms with Gasteiger partial charge in [0.25, 0.3) is 5.69 Å². The summed E-state index contributed by atoms with van der Waals surface area (Å²) in [6, 6.07) is 11.1. The SMILES string of the molecule is CCc1ccc(C(Br)Cc2ccc([N+](=O)[O-])cc2)s1. The largest absolute Gasteiger partial charge is 0.269 e. The van der Waals surface area contributed by atoms with Crippen molar-refractivity contribution >= 4 is 33.0 Å². The van der Waals surface area contributed by atoms with E-state index in [1.54, 1.807) is 12.1 Å². The lowest BCUT2D eigenvalue weighted by atomic mass is 10.1. The standard InChI is InChI=1S/C14H14BrNO2S/c1-2-12-7-8-14(19-12)13(15)9-10-3-5-11(6-4-10)16(17)18/h3-8,13H,2,9H2,1H3. The van der Waals surface area contributed by atoms with Crippen LogP contribution >= 0.6 is 27.3 Å². The Bertz CT molecular complexity index is 565. The molecule has 0 amide bonds. The lowest BCUT2D eigenvalue weighted by Gasteiger charge is -2.07. The van der Waals surface area contributed by atoms with Gasteiger partial charge in [-0.3, -0.25) is 10.1 Å². The molecular weight excluding hydrogens is 326 g/mol. The van der Waals surface area contributed by atoms with Crippen LogP contribution in [0.15, 0.2) is 36.4 Å². The van der Waals surface area contributed by atoms with Crippen molar-refractivity contribution in [3.63, 3.8) is 0 Å². The number of hydrogen-bond donors (Lipinski definition) is 0. The summed E-state index contributed by atoms with van der Waals surface area (Å²) < 4.78 is 0. The highest BCUT2D eigenvalue weighted by Gasteiger charge is 2.12. The van der Waals surface area contributed by atoms with E-state index < -0.39 is 0 Å². The minimum Gasteiger partial charge on any atom is -0.258 e. The molecule has 1 unspecified atom stereocenters. The van der Waals surface area contributed by atoms with Gasteiger partial charge in [-0.25, -0.2) is 0 Å². The van der Waals surface area contributed by atoms with Crippen LogP contribution in [-0.4, -0.2) is 4.92 Å². The fraction of sp³-hybridized carbons (Fsp3) is 0.286. The quantitative estimate of drug-likeness (QED) is 0.441. The Labute approximate surface area is 124 Å². The summed E-state index contributed by atoms with van der Waals surface area (Å²) in [6.07, 6.45) is 1.89. The van der Waals surface area contributed by atoms with Crippen LogP contribution in [0, 0.1) is 10.1 Å². The second-order valence-electron chi connectivity index (χ2n) is 4.25. The summed E-state index contributed by atoms with van der Waals surface area (Å²) >= 11 is 5.50. The fourth-order valence-corrected chi connectivity index (χ4v) is 3.55. The minimum atomic E-state index is -0.373. The van der Waals surface area contributed by atoms with E-state index in [0.717, 1.165) is 18.4 Å². The maximum atomic E-state index is 10.6. The van der Waals surface area contributed by atoms with Crippen LogP contribution in [0.5, 0.6) is 0 Å².